The van der Waals surface area contributed by atoms with E-state index in [2.05, 4.69) is 148 Å². The number of hydrogen-bond acceptors (Lipinski definition) is 6. The SMILES string of the molecule is CC(C)CC1=CCC2(C)C(O)CCC34C5=C6CC1(C=C1C(=c7ccccc7=CC13)Cc1cccc(c1)C1=CC=C(NCCCC(C3CCCCC3)C(=CO)CCC(C(=O)O)C3C(O)CC6(C6CCC7(CCC(Cc8ccccc8)C7)C6)C3(C)CC5)NC1)C24. The fourth-order valence-electron chi connectivity index (χ4n) is 24.3. The van der Waals surface area contributed by atoms with Gasteiger partial charge in [-0.05, 0) is 243 Å². The van der Waals surface area contributed by atoms with Gasteiger partial charge in [-0.25, -0.2) is 0 Å². The molecule has 6 N–H and O–H groups in total. The molecule has 3 aromatic carbocycles. The van der Waals surface area contributed by atoms with Crippen molar-refractivity contribution in [1.29, 1.82) is 0 Å². The molecular weight excluding hydrogens is 1080 g/mol. The molecule has 19 rings (SSSR count). The lowest BCUT2D eigenvalue weighted by Gasteiger charge is -2.74. The number of aliphatic hydroxyl groups excluding tert-OH is 3. The minimum absolute atomic E-state index is 0.0914. The Morgan fingerprint density at radius 2 is 1.61 bits per heavy atom. The Morgan fingerprint density at radius 1 is 0.795 bits per heavy atom. The highest BCUT2D eigenvalue weighted by Gasteiger charge is 2.77. The van der Waals surface area contributed by atoms with Crippen LogP contribution >= 0.6 is 0 Å². The number of hydrogen-bond donors (Lipinski definition) is 6. The maximum Gasteiger partial charge on any atom is 0.306 e. The summed E-state index contributed by atoms with van der Waals surface area (Å²) < 4.78 is 0. The van der Waals surface area contributed by atoms with E-state index in [4.69, 9.17) is 0 Å². The van der Waals surface area contributed by atoms with Crippen LogP contribution < -0.4 is 21.1 Å². The van der Waals surface area contributed by atoms with Crippen LogP contribution in [-0.2, 0) is 17.6 Å². The van der Waals surface area contributed by atoms with Crippen LogP contribution in [0.5, 0.6) is 0 Å². The van der Waals surface area contributed by atoms with E-state index in [9.17, 15) is 25.2 Å². The molecule has 0 saturated heterocycles. The Hall–Kier alpha value is -5.37. The average Bonchev–Trinajstić information content (AvgIpc) is 0.951. The maximum atomic E-state index is 14.7. The molecule has 15 atom stereocenters. The number of aliphatic hydroxyl groups is 3. The number of dihydropyridines is 1. The van der Waals surface area contributed by atoms with Crippen LogP contribution in [0.15, 0.2) is 143 Å². The second kappa shape index (κ2) is 22.5. The summed E-state index contributed by atoms with van der Waals surface area (Å²) >= 11 is 0. The van der Waals surface area contributed by atoms with Gasteiger partial charge in [0.05, 0.1) is 30.2 Å². The quantitative estimate of drug-likeness (QED) is 0.103. The van der Waals surface area contributed by atoms with Crippen LogP contribution in [0.2, 0.25) is 0 Å². The maximum absolute atomic E-state index is 14.7. The number of rotatable bonds is 7. The number of carbonyl (C=O) groups is 1. The first kappa shape index (κ1) is 59.0. The monoisotopic (exact) mass is 1180 g/mol. The van der Waals surface area contributed by atoms with E-state index in [1.54, 1.807) is 16.7 Å². The third-order valence-corrected chi connectivity index (χ3v) is 27.6. The molecule has 10 aliphatic carbocycles. The van der Waals surface area contributed by atoms with Crippen LogP contribution in [0.1, 0.15) is 192 Å². The lowest BCUT2D eigenvalue weighted by atomic mass is 9.29. The second-order valence-electron chi connectivity index (χ2n) is 32.2. The number of nitrogens with one attached hydrogen (secondary N) is 2. The third kappa shape index (κ3) is 9.21. The van der Waals surface area contributed by atoms with E-state index in [0.29, 0.717) is 42.9 Å². The molecule has 466 valence electrons. The molecule has 16 aliphatic rings. The van der Waals surface area contributed by atoms with Gasteiger partial charge in [-0.15, -0.1) is 0 Å². The van der Waals surface area contributed by atoms with Crippen molar-refractivity contribution >= 4 is 23.2 Å². The minimum Gasteiger partial charge on any atom is -0.516 e. The first-order chi connectivity index (χ1) is 42.6. The molecule has 0 aromatic heterocycles. The van der Waals surface area contributed by atoms with Gasteiger partial charge in [0, 0.05) is 46.6 Å². The van der Waals surface area contributed by atoms with Crippen molar-refractivity contribution in [2.24, 2.45) is 85.8 Å². The summed E-state index contributed by atoms with van der Waals surface area (Å²) in [5.74, 6) is 1.36. The van der Waals surface area contributed by atoms with Crippen LogP contribution in [-0.4, -0.2) is 51.7 Å². The van der Waals surface area contributed by atoms with Crippen molar-refractivity contribution in [1.82, 2.24) is 10.6 Å². The van der Waals surface area contributed by atoms with Gasteiger partial charge in [-0.1, -0.05) is 167 Å². The van der Waals surface area contributed by atoms with Crippen LogP contribution in [0.3, 0.4) is 0 Å². The zero-order chi connectivity index (χ0) is 60.4. The summed E-state index contributed by atoms with van der Waals surface area (Å²) in [6.45, 7) is 11.4. The first-order valence-electron chi connectivity index (χ1n) is 35.5. The number of carboxylic acids is 1. The van der Waals surface area contributed by atoms with Crippen LogP contribution in [0.25, 0.3) is 17.2 Å². The molecule has 0 amide bonds. The van der Waals surface area contributed by atoms with Gasteiger partial charge in [-0.3, -0.25) is 4.79 Å². The fraction of sp³-hybridized carbons (Fsp3) is 0.593. The zero-order valence-electron chi connectivity index (χ0n) is 53.6. The van der Waals surface area contributed by atoms with Crippen LogP contribution in [0, 0.1) is 85.8 Å². The summed E-state index contributed by atoms with van der Waals surface area (Å²) in [5, 5.41) is 60.4. The van der Waals surface area contributed by atoms with Gasteiger partial charge in [0.25, 0.3) is 0 Å². The van der Waals surface area contributed by atoms with E-state index < -0.39 is 46.3 Å². The molecule has 7 heteroatoms. The molecule has 7 nitrogen and oxygen atoms in total. The molecule has 0 radical (unpaired) electrons. The Balaban J connectivity index is 0.942. The standard InChI is InChI=1S/C81H102N2O5/c1-51(2)39-60-29-33-76(3)71(86)32-37-80-67-31-34-77(4)73-64(74(87)88)26-24-59(50-84)62(55-18-9-6-10-19-55)23-14-38-82-72-27-25-58(49-83-72)56-21-13-17-53(41-56)42-65-63-22-12-11-20-57(63)43-68(80)66(65)46-79(60,75(76)80)47-69(67)81(77,48-70(73)85)61-30-36-78(45-61)35-28-54(44-78)40-52-15-7-5-8-16-52/h5,7-8,11-13,15-17,20-22,25,27,29,41,43,46,50-51,54-55,61-62,64,68,70-71,73,75,82-86H,6,9-10,14,18-19,23-24,26,28,30-40,42,44-45,47-49H2,1-4H3,(H,87,88). The molecule has 88 heavy (non-hydrogen) atoms. The molecule has 6 aliphatic heterocycles. The van der Waals surface area contributed by atoms with E-state index in [1.165, 1.54) is 95.1 Å². The summed E-state index contributed by atoms with van der Waals surface area (Å²) in [7, 11) is 0. The Kier molecular flexibility index (Phi) is 15.1. The summed E-state index contributed by atoms with van der Waals surface area (Å²) in [5.41, 5.74) is 12.4. The summed E-state index contributed by atoms with van der Waals surface area (Å²) in [4.78, 5) is 14.7. The fourth-order valence-corrected chi connectivity index (χ4v) is 24.3. The van der Waals surface area contributed by atoms with E-state index in [1.807, 2.05) is 0 Å². The highest BCUT2D eigenvalue weighted by atomic mass is 16.4. The summed E-state index contributed by atoms with van der Waals surface area (Å²) in [6.07, 6.45) is 37.7. The number of fused-ring (bicyclic) bond motifs is 1. The van der Waals surface area contributed by atoms with Crippen LogP contribution in [0.4, 0.5) is 0 Å². The van der Waals surface area contributed by atoms with Gasteiger partial charge in [-0.2, -0.15) is 0 Å². The highest BCUT2D eigenvalue weighted by molar-refractivity contribution is 5.78. The second-order valence-corrected chi connectivity index (χ2v) is 32.2. The van der Waals surface area contributed by atoms with Crippen molar-refractivity contribution in [2.45, 2.75) is 200 Å². The number of benzene rings is 3. The van der Waals surface area contributed by atoms with Gasteiger partial charge in [0.2, 0.25) is 0 Å². The Morgan fingerprint density at radius 3 is 2.41 bits per heavy atom. The van der Waals surface area contributed by atoms with E-state index in [-0.39, 0.29) is 34.0 Å². The van der Waals surface area contributed by atoms with Crippen molar-refractivity contribution < 1.29 is 25.2 Å². The Labute approximate surface area is 525 Å². The largest absolute Gasteiger partial charge is 0.516 e. The zero-order valence-corrected chi connectivity index (χ0v) is 53.6. The lowest BCUT2D eigenvalue weighted by molar-refractivity contribution is -0.167. The smallest absolute Gasteiger partial charge is 0.306 e. The molecule has 5 saturated carbocycles. The molecule has 3 aromatic rings. The topological polar surface area (TPSA) is 122 Å². The number of aliphatic carboxylic acids is 1. The molecule has 6 heterocycles. The van der Waals surface area contributed by atoms with E-state index in [0.717, 1.165) is 121 Å². The van der Waals surface area contributed by atoms with Crippen molar-refractivity contribution in [3.05, 3.63) is 170 Å². The van der Waals surface area contributed by atoms with Crippen molar-refractivity contribution in [3.63, 3.8) is 0 Å². The van der Waals surface area contributed by atoms with E-state index >= 15 is 0 Å². The average molecular weight is 1180 g/mol. The van der Waals surface area contributed by atoms with Gasteiger partial charge < -0.3 is 31.1 Å². The van der Waals surface area contributed by atoms with Gasteiger partial charge >= 0.3 is 5.97 Å². The molecule has 5 fully saturated rings. The molecule has 15 unspecified atom stereocenters. The number of carboxylic acid groups (broad SMARTS) is 1. The third-order valence-electron chi connectivity index (χ3n) is 27.6. The lowest BCUT2D eigenvalue weighted by Crippen LogP contribution is -2.69. The predicted octanol–water partition coefficient (Wildman–Crippen LogP) is 15.6. The molecule has 14 bridgehead atoms. The summed E-state index contributed by atoms with van der Waals surface area (Å²) in [6, 6.07) is 29.9. The molecular formula is C81H102N2O5. The predicted molar refractivity (Wildman–Crippen MR) is 354 cm³/mol. The van der Waals surface area contributed by atoms with Crippen molar-refractivity contribution in [3.8, 4) is 0 Å². The Bertz CT molecular complexity index is 3560. The molecule has 3 spiro atoms. The van der Waals surface area contributed by atoms with Gasteiger partial charge in [0.1, 0.15) is 0 Å². The number of allylic oxidation sites excluding steroid dienone is 9. The minimum atomic E-state index is -0.779. The highest BCUT2D eigenvalue weighted by Crippen LogP contribution is 2.84. The normalized spacial score (nSPS) is 40.0. The first-order valence-corrected chi connectivity index (χ1v) is 35.5. The van der Waals surface area contributed by atoms with Crippen molar-refractivity contribution in [2.75, 3.05) is 13.1 Å². The van der Waals surface area contributed by atoms with Gasteiger partial charge in [0.15, 0.2) is 0 Å².